The molecule has 0 spiro atoms. The number of hydrogen-bond donors (Lipinski definition) is 0. The fraction of sp³-hybridized carbons (Fsp3) is 0.455. The molecule has 0 radical (unpaired) electrons. The molecule has 0 saturated heterocycles. The summed E-state index contributed by atoms with van der Waals surface area (Å²) in [5.74, 6) is 0.876. The van der Waals surface area contributed by atoms with Crippen LogP contribution in [0, 0.1) is 0 Å². The lowest BCUT2D eigenvalue weighted by Gasteiger charge is -2.13. The first-order valence-electron chi connectivity index (χ1n) is 4.99. The van der Waals surface area contributed by atoms with Crippen LogP contribution in [0.5, 0.6) is 5.75 Å². The van der Waals surface area contributed by atoms with Crippen LogP contribution >= 0.6 is 0 Å². The van der Waals surface area contributed by atoms with Gasteiger partial charge in [-0.05, 0) is 37.4 Å². The maximum Gasteiger partial charge on any atom is 0.122 e. The minimum absolute atomic E-state index is 0.158. The van der Waals surface area contributed by atoms with E-state index in [1.54, 1.807) is 0 Å². The van der Waals surface area contributed by atoms with Crippen molar-refractivity contribution in [2.45, 2.75) is 26.4 Å². The number of ether oxygens (including phenoxy) is 1. The largest absolute Gasteiger partial charge is 0.491 e. The summed E-state index contributed by atoms with van der Waals surface area (Å²) in [7, 11) is 0. The molecule has 4 heteroatoms. The van der Waals surface area contributed by atoms with Gasteiger partial charge in [-0.25, -0.2) is 0 Å². The van der Waals surface area contributed by atoms with Gasteiger partial charge in [-0.3, -0.25) is 0 Å². The average Bonchev–Trinajstić information content (AvgIpc) is 2.20. The number of rotatable bonds is 5. The van der Waals surface area contributed by atoms with Crippen LogP contribution in [0.3, 0.4) is 0 Å². The lowest BCUT2D eigenvalue weighted by molar-refractivity contribution is 0.240. The Kier molecular flexibility index (Phi) is 4.51. The summed E-state index contributed by atoms with van der Waals surface area (Å²) in [6.45, 7) is 4.45. The summed E-state index contributed by atoms with van der Waals surface area (Å²) < 4.78 is 5.64. The summed E-state index contributed by atoms with van der Waals surface area (Å²) in [6, 6.07) is 7.82. The highest BCUT2D eigenvalue weighted by molar-refractivity contribution is 5.33. The molecule has 0 bridgehead atoms. The maximum atomic E-state index is 8.19. The first-order valence-corrected chi connectivity index (χ1v) is 4.99. The van der Waals surface area contributed by atoms with E-state index in [0.29, 0.717) is 13.0 Å². The van der Waals surface area contributed by atoms with Gasteiger partial charge >= 0.3 is 0 Å². The van der Waals surface area contributed by atoms with Crippen molar-refractivity contribution in [1.82, 2.24) is 0 Å². The van der Waals surface area contributed by atoms with E-state index in [1.807, 2.05) is 38.1 Å². The van der Waals surface area contributed by atoms with E-state index in [4.69, 9.17) is 10.3 Å². The van der Waals surface area contributed by atoms with Crippen LogP contribution in [-0.2, 0) is 6.42 Å². The summed E-state index contributed by atoms with van der Waals surface area (Å²) in [6.07, 6.45) is 0.873. The molecule has 1 aromatic carbocycles. The Labute approximate surface area is 89.5 Å². The first kappa shape index (κ1) is 11.4. The topological polar surface area (TPSA) is 58.0 Å². The molecule has 0 fully saturated rings. The van der Waals surface area contributed by atoms with Gasteiger partial charge in [-0.2, -0.15) is 0 Å². The molecule has 0 aromatic heterocycles. The fourth-order valence-electron chi connectivity index (χ4n) is 1.29. The van der Waals surface area contributed by atoms with Crippen molar-refractivity contribution in [3.63, 3.8) is 0 Å². The van der Waals surface area contributed by atoms with Crippen LogP contribution in [-0.4, -0.2) is 12.6 Å². The second-order valence-electron chi connectivity index (χ2n) is 3.48. The fourth-order valence-corrected chi connectivity index (χ4v) is 1.29. The third kappa shape index (κ3) is 3.92. The van der Waals surface area contributed by atoms with E-state index in [0.717, 1.165) is 11.3 Å². The van der Waals surface area contributed by atoms with Crippen molar-refractivity contribution in [1.29, 1.82) is 0 Å². The van der Waals surface area contributed by atoms with Crippen LogP contribution in [0.4, 0.5) is 0 Å². The molecule has 0 aliphatic rings. The lowest BCUT2D eigenvalue weighted by Crippen LogP contribution is -2.07. The van der Waals surface area contributed by atoms with Crippen LogP contribution in [0.25, 0.3) is 10.4 Å². The zero-order valence-corrected chi connectivity index (χ0v) is 9.05. The smallest absolute Gasteiger partial charge is 0.122 e. The molecule has 0 atom stereocenters. The molecule has 0 unspecified atom stereocenters. The number of para-hydroxylation sites is 1. The Morgan fingerprint density at radius 1 is 1.40 bits per heavy atom. The Morgan fingerprint density at radius 2 is 2.13 bits per heavy atom. The van der Waals surface area contributed by atoms with Gasteiger partial charge in [-0.15, -0.1) is 0 Å². The highest BCUT2D eigenvalue weighted by Crippen LogP contribution is 2.19. The summed E-state index contributed by atoms with van der Waals surface area (Å²) in [5.41, 5.74) is 9.27. The molecule has 0 aliphatic carbocycles. The number of hydrogen-bond acceptors (Lipinski definition) is 2. The maximum absolute atomic E-state index is 8.19. The van der Waals surface area contributed by atoms with Gasteiger partial charge in [-0.1, -0.05) is 23.3 Å². The SMILES string of the molecule is CC(C)Oc1ccccc1CCN=[N+]=[N-]. The van der Waals surface area contributed by atoms with E-state index in [9.17, 15) is 0 Å². The van der Waals surface area contributed by atoms with Gasteiger partial charge in [0.2, 0.25) is 0 Å². The molecule has 0 heterocycles. The van der Waals surface area contributed by atoms with E-state index < -0.39 is 0 Å². The van der Waals surface area contributed by atoms with Gasteiger partial charge < -0.3 is 4.74 Å². The minimum Gasteiger partial charge on any atom is -0.491 e. The number of azide groups is 1. The van der Waals surface area contributed by atoms with Gasteiger partial charge in [0.05, 0.1) is 6.10 Å². The molecule has 15 heavy (non-hydrogen) atoms. The Balaban J connectivity index is 2.72. The van der Waals surface area contributed by atoms with Crippen molar-refractivity contribution >= 4 is 0 Å². The molecule has 4 nitrogen and oxygen atoms in total. The highest BCUT2D eigenvalue weighted by atomic mass is 16.5. The molecule has 1 rings (SSSR count). The molecule has 0 N–H and O–H groups in total. The molecule has 0 amide bonds. The monoisotopic (exact) mass is 205 g/mol. The minimum atomic E-state index is 0.158. The predicted octanol–water partition coefficient (Wildman–Crippen LogP) is 3.33. The molecule has 0 aliphatic heterocycles. The van der Waals surface area contributed by atoms with Gasteiger partial charge in [0.15, 0.2) is 0 Å². The molecule has 1 aromatic rings. The van der Waals surface area contributed by atoms with Gasteiger partial charge in [0.1, 0.15) is 5.75 Å². The Hall–Kier alpha value is -1.67. The summed E-state index contributed by atoms with van der Waals surface area (Å²) in [5, 5.41) is 3.51. The van der Waals surface area contributed by atoms with Gasteiger partial charge in [0.25, 0.3) is 0 Å². The molecular formula is C11H15N3O. The normalized spacial score (nSPS) is 9.80. The van der Waals surface area contributed by atoms with Crippen molar-refractivity contribution in [3.05, 3.63) is 40.3 Å². The highest BCUT2D eigenvalue weighted by Gasteiger charge is 2.03. The third-order valence-corrected chi connectivity index (χ3v) is 1.88. The first-order chi connectivity index (χ1) is 7.24. The second kappa shape index (κ2) is 5.94. The zero-order chi connectivity index (χ0) is 11.1. The number of nitrogens with zero attached hydrogens (tertiary/aromatic N) is 3. The van der Waals surface area contributed by atoms with Crippen LogP contribution in [0.1, 0.15) is 19.4 Å². The Bertz CT molecular complexity index is 357. The number of benzene rings is 1. The quantitative estimate of drug-likeness (QED) is 0.413. The van der Waals surface area contributed by atoms with Crippen LogP contribution < -0.4 is 4.74 Å². The lowest BCUT2D eigenvalue weighted by atomic mass is 10.1. The molecular weight excluding hydrogens is 190 g/mol. The Morgan fingerprint density at radius 3 is 2.80 bits per heavy atom. The zero-order valence-electron chi connectivity index (χ0n) is 9.05. The predicted molar refractivity (Wildman–Crippen MR) is 59.9 cm³/mol. The van der Waals surface area contributed by atoms with Gasteiger partial charge in [0, 0.05) is 11.5 Å². The average molecular weight is 205 g/mol. The van der Waals surface area contributed by atoms with Crippen molar-refractivity contribution in [3.8, 4) is 5.75 Å². The third-order valence-electron chi connectivity index (χ3n) is 1.88. The van der Waals surface area contributed by atoms with Crippen LogP contribution in [0.15, 0.2) is 29.4 Å². The molecule has 0 saturated carbocycles. The van der Waals surface area contributed by atoms with E-state index in [-0.39, 0.29) is 6.10 Å². The summed E-state index contributed by atoms with van der Waals surface area (Å²) >= 11 is 0. The van der Waals surface area contributed by atoms with Crippen molar-refractivity contribution < 1.29 is 4.74 Å². The molecule has 80 valence electrons. The second-order valence-corrected chi connectivity index (χ2v) is 3.48. The van der Waals surface area contributed by atoms with E-state index in [1.165, 1.54) is 0 Å². The van der Waals surface area contributed by atoms with E-state index >= 15 is 0 Å². The van der Waals surface area contributed by atoms with E-state index in [2.05, 4.69) is 10.0 Å². The van der Waals surface area contributed by atoms with Crippen LogP contribution in [0.2, 0.25) is 0 Å². The summed E-state index contributed by atoms with van der Waals surface area (Å²) in [4.78, 5) is 2.73. The van der Waals surface area contributed by atoms with Crippen molar-refractivity contribution in [2.75, 3.05) is 6.54 Å². The van der Waals surface area contributed by atoms with Crippen molar-refractivity contribution in [2.24, 2.45) is 5.11 Å². The standard InChI is InChI=1S/C11H15N3O/c1-9(2)15-11-6-4-3-5-10(11)7-8-13-14-12/h3-6,9H,7-8H2,1-2H3.